The first-order chi connectivity index (χ1) is 8.30. The van der Waals surface area contributed by atoms with Gasteiger partial charge in [-0.15, -0.1) is 0 Å². The lowest BCUT2D eigenvalue weighted by molar-refractivity contribution is -0.137. The first-order valence-corrected chi connectivity index (χ1v) is 6.68. The molecule has 102 valence electrons. The van der Waals surface area contributed by atoms with Gasteiger partial charge in [-0.1, -0.05) is 12.1 Å². The van der Waals surface area contributed by atoms with E-state index < -0.39 is 22.5 Å². The molecule has 9 heteroatoms. The maximum absolute atomic E-state index is 12.2. The fourth-order valence-electron chi connectivity index (χ4n) is 1.51. The lowest BCUT2D eigenvalue weighted by atomic mass is 10.5. The van der Waals surface area contributed by atoms with Gasteiger partial charge in [-0.2, -0.15) is 4.31 Å². The van der Waals surface area contributed by atoms with Crippen molar-refractivity contribution in [2.45, 2.75) is 25.2 Å². The summed E-state index contributed by atoms with van der Waals surface area (Å²) in [4.78, 5) is 10.4. The Morgan fingerprint density at radius 3 is 2.56 bits per heavy atom. The van der Waals surface area contributed by atoms with Gasteiger partial charge in [0.2, 0.25) is 0 Å². The predicted molar refractivity (Wildman–Crippen MR) is 62.3 cm³/mol. The Kier molecular flexibility index (Phi) is 4.30. The van der Waals surface area contributed by atoms with Gasteiger partial charge in [0.1, 0.15) is 6.54 Å². The number of carboxylic acids is 1. The predicted octanol–water partition coefficient (Wildman–Crippen LogP) is 0.0505. The highest BCUT2D eigenvalue weighted by atomic mass is 32.2. The molecule has 3 N–H and O–H groups in total. The molecule has 18 heavy (non-hydrogen) atoms. The van der Waals surface area contributed by atoms with Gasteiger partial charge < -0.3 is 15.4 Å². The third-order valence-electron chi connectivity index (χ3n) is 2.22. The van der Waals surface area contributed by atoms with Crippen LogP contribution >= 0.6 is 0 Å². The summed E-state index contributed by atoms with van der Waals surface area (Å²) in [7, 11) is -4.01. The van der Waals surface area contributed by atoms with Crippen molar-refractivity contribution >= 4 is 21.8 Å². The van der Waals surface area contributed by atoms with Crippen molar-refractivity contribution in [2.24, 2.45) is 0 Å². The highest BCUT2D eigenvalue weighted by Gasteiger charge is 2.32. The summed E-state index contributed by atoms with van der Waals surface area (Å²) in [5, 5.41) is 12.1. The molecule has 0 aliphatic rings. The van der Waals surface area contributed by atoms with E-state index in [1.165, 1.54) is 6.92 Å². The molecule has 1 rings (SSSR count). The maximum Gasteiger partial charge on any atom is 0.318 e. The lowest BCUT2D eigenvalue weighted by Crippen LogP contribution is -2.36. The van der Waals surface area contributed by atoms with E-state index >= 15 is 0 Å². The van der Waals surface area contributed by atoms with Crippen LogP contribution < -0.4 is 5.73 Å². The zero-order valence-corrected chi connectivity index (χ0v) is 10.9. The number of nitrogens with two attached hydrogens (primary N) is 1. The van der Waals surface area contributed by atoms with E-state index in [0.717, 1.165) is 4.31 Å². The summed E-state index contributed by atoms with van der Waals surface area (Å²) in [6, 6.07) is 0. The molecule has 0 atom stereocenters. The molecule has 0 saturated carbocycles. The quantitative estimate of drug-likeness (QED) is 0.752. The summed E-state index contributed by atoms with van der Waals surface area (Å²) in [6.45, 7) is 2.61. The van der Waals surface area contributed by atoms with E-state index in [-0.39, 0.29) is 23.0 Å². The largest absolute Gasteiger partial charge is 0.480 e. The second-order valence-electron chi connectivity index (χ2n) is 3.69. The van der Waals surface area contributed by atoms with Crippen molar-refractivity contribution < 1.29 is 22.8 Å². The molecule has 0 radical (unpaired) electrons. The van der Waals surface area contributed by atoms with Crippen molar-refractivity contribution in [3.8, 4) is 0 Å². The molecule has 0 unspecified atom stereocenters. The first kappa shape index (κ1) is 14.5. The average molecular weight is 277 g/mol. The molecule has 0 aromatic carbocycles. The monoisotopic (exact) mass is 277 g/mol. The molecule has 0 amide bonds. The minimum Gasteiger partial charge on any atom is -0.480 e. The Balaban J connectivity index is 3.21. The summed E-state index contributed by atoms with van der Waals surface area (Å²) in [6.07, 6.45) is 0.483. The Hall–Kier alpha value is -1.61. The third kappa shape index (κ3) is 2.79. The summed E-state index contributed by atoms with van der Waals surface area (Å²) < 4.78 is 30.0. The van der Waals surface area contributed by atoms with Crippen LogP contribution in [0.1, 0.15) is 19.1 Å². The number of anilines is 1. The smallest absolute Gasteiger partial charge is 0.318 e. The normalized spacial score (nSPS) is 11.9. The van der Waals surface area contributed by atoms with Crippen LogP contribution in [0.4, 0.5) is 5.82 Å². The highest BCUT2D eigenvalue weighted by molar-refractivity contribution is 7.89. The number of rotatable bonds is 6. The Bertz CT molecular complexity index is 517. The molecule has 1 heterocycles. The molecular weight excluding hydrogens is 262 g/mol. The minimum absolute atomic E-state index is 0.0407. The summed E-state index contributed by atoms with van der Waals surface area (Å²) in [5.74, 6) is -1.46. The molecule has 1 aromatic rings. The number of hydrogen-bond donors (Lipinski definition) is 2. The third-order valence-corrected chi connectivity index (χ3v) is 4.22. The number of nitrogens with zero attached hydrogens (tertiary/aromatic N) is 2. The Morgan fingerprint density at radius 2 is 2.17 bits per heavy atom. The van der Waals surface area contributed by atoms with Crippen LogP contribution in [0.2, 0.25) is 0 Å². The fourth-order valence-corrected chi connectivity index (χ4v) is 3.17. The van der Waals surface area contributed by atoms with E-state index in [4.69, 9.17) is 10.8 Å². The molecule has 0 aliphatic carbocycles. The SMILES string of the molecule is CCCN(CC(=O)O)S(=O)(=O)c1c(N)noc1C. The van der Waals surface area contributed by atoms with Gasteiger partial charge in [-0.05, 0) is 13.3 Å². The van der Waals surface area contributed by atoms with Crippen LogP contribution in [0, 0.1) is 6.92 Å². The topological polar surface area (TPSA) is 127 Å². The first-order valence-electron chi connectivity index (χ1n) is 5.24. The number of hydrogen-bond acceptors (Lipinski definition) is 6. The van der Waals surface area contributed by atoms with Crippen molar-refractivity contribution in [1.82, 2.24) is 9.46 Å². The van der Waals surface area contributed by atoms with Crippen LogP contribution in [-0.4, -0.2) is 42.0 Å². The molecule has 0 fully saturated rings. The second kappa shape index (κ2) is 5.36. The number of carbonyl (C=O) groups is 1. The Morgan fingerprint density at radius 1 is 1.56 bits per heavy atom. The van der Waals surface area contributed by atoms with Crippen LogP contribution in [0.15, 0.2) is 9.42 Å². The van der Waals surface area contributed by atoms with E-state index in [1.54, 1.807) is 6.92 Å². The number of nitrogen functional groups attached to an aromatic ring is 1. The highest BCUT2D eigenvalue weighted by Crippen LogP contribution is 2.25. The van der Waals surface area contributed by atoms with Gasteiger partial charge in [-0.25, -0.2) is 8.42 Å². The van der Waals surface area contributed by atoms with Gasteiger partial charge >= 0.3 is 5.97 Å². The van der Waals surface area contributed by atoms with E-state index in [9.17, 15) is 13.2 Å². The van der Waals surface area contributed by atoms with Gasteiger partial charge in [-0.3, -0.25) is 4.79 Å². The van der Waals surface area contributed by atoms with Crippen molar-refractivity contribution in [2.75, 3.05) is 18.8 Å². The number of aliphatic carboxylic acids is 1. The number of carboxylic acid groups (broad SMARTS) is 1. The summed E-state index contributed by atoms with van der Waals surface area (Å²) in [5.41, 5.74) is 5.43. The second-order valence-corrected chi connectivity index (χ2v) is 5.56. The van der Waals surface area contributed by atoms with E-state index in [2.05, 4.69) is 9.68 Å². The molecule has 8 nitrogen and oxygen atoms in total. The van der Waals surface area contributed by atoms with Gasteiger partial charge in [0.05, 0.1) is 0 Å². The molecular formula is C9H15N3O5S. The van der Waals surface area contributed by atoms with Crippen molar-refractivity contribution in [3.05, 3.63) is 5.76 Å². The van der Waals surface area contributed by atoms with Crippen LogP contribution in [-0.2, 0) is 14.8 Å². The standard InChI is InChI=1S/C9H15N3O5S/c1-3-4-12(5-7(13)14)18(15,16)8-6(2)17-11-9(8)10/h3-5H2,1-2H3,(H2,10,11)(H,13,14). The Labute approximate surface area is 104 Å². The van der Waals surface area contributed by atoms with Crippen molar-refractivity contribution in [1.29, 1.82) is 0 Å². The van der Waals surface area contributed by atoms with Gasteiger partial charge in [0.25, 0.3) is 10.0 Å². The average Bonchev–Trinajstić information content (AvgIpc) is 2.57. The van der Waals surface area contributed by atoms with Crippen molar-refractivity contribution in [3.63, 3.8) is 0 Å². The van der Waals surface area contributed by atoms with Crippen LogP contribution in [0.25, 0.3) is 0 Å². The minimum atomic E-state index is -4.01. The summed E-state index contributed by atoms with van der Waals surface area (Å²) >= 11 is 0. The number of aromatic nitrogens is 1. The van der Waals surface area contributed by atoms with Gasteiger partial charge in [0, 0.05) is 6.54 Å². The van der Waals surface area contributed by atoms with E-state index in [1.807, 2.05) is 0 Å². The molecule has 0 spiro atoms. The number of sulfonamides is 1. The lowest BCUT2D eigenvalue weighted by Gasteiger charge is -2.18. The van der Waals surface area contributed by atoms with Crippen LogP contribution in [0.3, 0.4) is 0 Å². The van der Waals surface area contributed by atoms with Crippen LogP contribution in [0.5, 0.6) is 0 Å². The zero-order chi connectivity index (χ0) is 13.9. The van der Waals surface area contributed by atoms with E-state index in [0.29, 0.717) is 6.42 Å². The molecule has 0 bridgehead atoms. The fraction of sp³-hybridized carbons (Fsp3) is 0.556. The molecule has 0 saturated heterocycles. The molecule has 0 aliphatic heterocycles. The zero-order valence-electron chi connectivity index (χ0n) is 10.1. The molecule has 1 aromatic heterocycles. The van der Waals surface area contributed by atoms with Gasteiger partial charge in [0.15, 0.2) is 16.5 Å². The maximum atomic E-state index is 12.2. The number of aryl methyl sites for hydroxylation is 1.